The van der Waals surface area contributed by atoms with Gasteiger partial charge in [-0.15, -0.1) is 0 Å². The minimum Gasteiger partial charge on any atom is -0.394 e. The molecule has 0 aliphatic carbocycles. The summed E-state index contributed by atoms with van der Waals surface area (Å²) in [7, 11) is 0. The summed E-state index contributed by atoms with van der Waals surface area (Å²) in [5.74, 6) is -0.0664. The van der Waals surface area contributed by atoms with Crippen molar-refractivity contribution < 1.29 is 19.4 Å². The molecular formula is C27H32ClN7O4. The molecule has 11 nitrogen and oxygen atoms in total. The Bertz CT molecular complexity index is 1360. The predicted molar refractivity (Wildman–Crippen MR) is 145 cm³/mol. The van der Waals surface area contributed by atoms with E-state index < -0.39 is 12.1 Å². The number of halogens is 1. The Balaban J connectivity index is 1.30. The first-order valence-electron chi connectivity index (χ1n) is 13.1. The summed E-state index contributed by atoms with van der Waals surface area (Å²) in [6, 6.07) is 6.47. The molecule has 2 aliphatic rings. The number of amides is 2. The first-order chi connectivity index (χ1) is 18.8. The van der Waals surface area contributed by atoms with Crippen LogP contribution in [0.3, 0.4) is 0 Å². The zero-order chi connectivity index (χ0) is 27.5. The van der Waals surface area contributed by atoms with Crippen LogP contribution in [-0.2, 0) is 16.1 Å². The molecule has 12 heteroatoms. The van der Waals surface area contributed by atoms with Crippen LogP contribution in [-0.4, -0.2) is 79.8 Å². The van der Waals surface area contributed by atoms with Crippen molar-refractivity contribution in [2.75, 3.05) is 31.7 Å². The summed E-state index contributed by atoms with van der Waals surface area (Å²) in [6.07, 6.45) is 5.00. The zero-order valence-corrected chi connectivity index (χ0v) is 22.7. The van der Waals surface area contributed by atoms with Gasteiger partial charge in [-0.2, -0.15) is 0 Å². The van der Waals surface area contributed by atoms with Crippen molar-refractivity contribution in [3.05, 3.63) is 58.6 Å². The van der Waals surface area contributed by atoms with E-state index in [1.807, 2.05) is 31.2 Å². The molecule has 206 valence electrons. The summed E-state index contributed by atoms with van der Waals surface area (Å²) >= 11 is 6.43. The highest BCUT2D eigenvalue weighted by Crippen LogP contribution is 2.28. The molecule has 2 amide bonds. The van der Waals surface area contributed by atoms with Gasteiger partial charge in [-0.1, -0.05) is 41.4 Å². The number of hydrogen-bond acceptors (Lipinski definition) is 8. The second kappa shape index (κ2) is 11.7. The predicted octanol–water partition coefficient (Wildman–Crippen LogP) is 2.59. The molecule has 3 aromatic rings. The van der Waals surface area contributed by atoms with E-state index in [1.54, 1.807) is 17.7 Å². The van der Waals surface area contributed by atoms with Crippen LogP contribution in [0.4, 0.5) is 5.95 Å². The highest BCUT2D eigenvalue weighted by atomic mass is 35.5. The Morgan fingerprint density at radius 3 is 2.79 bits per heavy atom. The van der Waals surface area contributed by atoms with Gasteiger partial charge in [-0.25, -0.2) is 15.0 Å². The minimum absolute atomic E-state index is 0.210. The standard InChI is InChI=1S/C27H32ClN7O4/c1-16-4-3-5-18(12-16)22(15-36)32-25(37)17(2)35-9-8-34-14-21(31-24(34)26(35)38)23-20(28)13-29-27(33-23)30-19-6-10-39-11-7-19/h3-5,12-14,17,19,22,36H,6-11,15H2,1-2H3,(H,32,37)(H,29,30,33). The number of anilines is 1. The van der Waals surface area contributed by atoms with Crippen LogP contribution < -0.4 is 10.6 Å². The number of hydrogen-bond donors (Lipinski definition) is 3. The van der Waals surface area contributed by atoms with Crippen molar-refractivity contribution in [2.24, 2.45) is 0 Å². The monoisotopic (exact) mass is 553 g/mol. The molecule has 2 atom stereocenters. The van der Waals surface area contributed by atoms with E-state index >= 15 is 0 Å². The molecule has 2 aromatic heterocycles. The number of nitrogens with zero attached hydrogens (tertiary/aromatic N) is 5. The van der Waals surface area contributed by atoms with E-state index in [2.05, 4.69) is 25.6 Å². The van der Waals surface area contributed by atoms with Crippen LogP contribution in [0, 0.1) is 6.92 Å². The van der Waals surface area contributed by atoms with Crippen LogP contribution in [0.2, 0.25) is 5.02 Å². The average Bonchev–Trinajstić information content (AvgIpc) is 3.38. The second-order valence-electron chi connectivity index (χ2n) is 9.90. The molecular weight excluding hydrogens is 522 g/mol. The second-order valence-corrected chi connectivity index (χ2v) is 10.3. The molecule has 2 unspecified atom stereocenters. The van der Waals surface area contributed by atoms with Crippen LogP contribution >= 0.6 is 11.6 Å². The van der Waals surface area contributed by atoms with Crippen molar-refractivity contribution in [1.29, 1.82) is 0 Å². The van der Waals surface area contributed by atoms with Crippen LogP contribution in [0.1, 0.15) is 47.6 Å². The molecule has 2 aliphatic heterocycles. The maximum absolute atomic E-state index is 13.4. The third kappa shape index (κ3) is 5.90. The van der Waals surface area contributed by atoms with E-state index in [0.717, 1.165) is 24.0 Å². The molecule has 0 saturated carbocycles. The van der Waals surface area contributed by atoms with Gasteiger partial charge >= 0.3 is 0 Å². The number of aromatic nitrogens is 4. The minimum atomic E-state index is -0.761. The van der Waals surface area contributed by atoms with Gasteiger partial charge in [0.25, 0.3) is 5.91 Å². The fraction of sp³-hybridized carbons (Fsp3) is 0.444. The zero-order valence-electron chi connectivity index (χ0n) is 21.9. The van der Waals surface area contributed by atoms with Gasteiger partial charge in [0.1, 0.15) is 17.4 Å². The summed E-state index contributed by atoms with van der Waals surface area (Å²) in [5.41, 5.74) is 2.71. The SMILES string of the molecule is Cc1cccc(C(CO)NC(=O)C(C)N2CCn3cc(-c4nc(NC5CCOCC5)ncc4Cl)nc3C2=O)c1. The number of aryl methyl sites for hydroxylation is 1. The summed E-state index contributed by atoms with van der Waals surface area (Å²) < 4.78 is 7.16. The molecule has 39 heavy (non-hydrogen) atoms. The van der Waals surface area contributed by atoms with Crippen molar-refractivity contribution in [1.82, 2.24) is 29.7 Å². The number of fused-ring (bicyclic) bond motifs is 1. The van der Waals surface area contributed by atoms with Gasteiger partial charge in [0.2, 0.25) is 11.9 Å². The van der Waals surface area contributed by atoms with Crippen LogP contribution in [0.5, 0.6) is 0 Å². The third-order valence-electron chi connectivity index (χ3n) is 7.14. The molecule has 1 fully saturated rings. The molecule has 4 heterocycles. The fourth-order valence-corrected chi connectivity index (χ4v) is 5.07. The van der Waals surface area contributed by atoms with Crippen molar-refractivity contribution in [2.45, 2.75) is 51.4 Å². The number of benzene rings is 1. The number of nitrogens with one attached hydrogen (secondary N) is 2. The van der Waals surface area contributed by atoms with Gasteiger partial charge in [0.05, 0.1) is 23.9 Å². The Labute approximate surface area is 231 Å². The number of imidazole rings is 1. The molecule has 0 radical (unpaired) electrons. The number of carbonyl (C=O) groups is 2. The number of carbonyl (C=O) groups excluding carboxylic acids is 2. The van der Waals surface area contributed by atoms with Gasteiger partial charge in [0.15, 0.2) is 5.82 Å². The molecule has 0 bridgehead atoms. The molecule has 1 saturated heterocycles. The van der Waals surface area contributed by atoms with E-state index in [0.29, 0.717) is 48.7 Å². The number of rotatable bonds is 8. The van der Waals surface area contributed by atoms with Gasteiger partial charge in [0, 0.05) is 38.5 Å². The van der Waals surface area contributed by atoms with E-state index in [-0.39, 0.29) is 30.3 Å². The topological polar surface area (TPSA) is 134 Å². The molecule has 3 N–H and O–H groups in total. The molecule has 1 aromatic carbocycles. The lowest BCUT2D eigenvalue weighted by atomic mass is 10.0. The molecule has 0 spiro atoms. The van der Waals surface area contributed by atoms with Gasteiger partial charge in [-0.05, 0) is 32.3 Å². The fourth-order valence-electron chi connectivity index (χ4n) is 4.88. The van der Waals surface area contributed by atoms with Gasteiger partial charge in [-0.3, -0.25) is 9.59 Å². The Hall–Kier alpha value is -3.54. The maximum Gasteiger partial charge on any atom is 0.290 e. The lowest BCUT2D eigenvalue weighted by Gasteiger charge is -2.32. The Morgan fingerprint density at radius 2 is 2.05 bits per heavy atom. The Kier molecular flexibility index (Phi) is 8.10. The quantitative estimate of drug-likeness (QED) is 0.387. The lowest BCUT2D eigenvalue weighted by Crippen LogP contribution is -2.52. The summed E-state index contributed by atoms with van der Waals surface area (Å²) in [5, 5.41) is 16.4. The first-order valence-corrected chi connectivity index (χ1v) is 13.4. The van der Waals surface area contributed by atoms with Crippen molar-refractivity contribution >= 4 is 29.4 Å². The van der Waals surface area contributed by atoms with Crippen LogP contribution in [0.25, 0.3) is 11.4 Å². The average molecular weight is 554 g/mol. The molecule has 5 rings (SSSR count). The summed E-state index contributed by atoms with van der Waals surface area (Å²) in [6.45, 7) is 5.54. The van der Waals surface area contributed by atoms with Crippen molar-refractivity contribution in [3.63, 3.8) is 0 Å². The number of aliphatic hydroxyl groups excluding tert-OH is 1. The Morgan fingerprint density at radius 1 is 1.26 bits per heavy atom. The van der Waals surface area contributed by atoms with E-state index in [9.17, 15) is 14.7 Å². The van der Waals surface area contributed by atoms with E-state index in [4.69, 9.17) is 16.3 Å². The summed E-state index contributed by atoms with van der Waals surface area (Å²) in [4.78, 5) is 41.5. The van der Waals surface area contributed by atoms with Gasteiger partial charge < -0.3 is 29.9 Å². The number of aliphatic hydroxyl groups is 1. The smallest absolute Gasteiger partial charge is 0.290 e. The maximum atomic E-state index is 13.4. The lowest BCUT2D eigenvalue weighted by molar-refractivity contribution is -0.126. The van der Waals surface area contributed by atoms with E-state index in [1.165, 1.54) is 11.1 Å². The normalized spacial score (nSPS) is 17.4. The highest BCUT2D eigenvalue weighted by molar-refractivity contribution is 6.32. The highest BCUT2D eigenvalue weighted by Gasteiger charge is 2.34. The number of ether oxygens (including phenoxy) is 1. The van der Waals surface area contributed by atoms with Crippen LogP contribution in [0.15, 0.2) is 36.7 Å². The largest absolute Gasteiger partial charge is 0.394 e. The third-order valence-corrected chi connectivity index (χ3v) is 7.42. The first kappa shape index (κ1) is 27.0. The van der Waals surface area contributed by atoms with Crippen molar-refractivity contribution in [3.8, 4) is 11.4 Å².